The summed E-state index contributed by atoms with van der Waals surface area (Å²) in [6, 6.07) is 7.01. The zero-order valence-electron chi connectivity index (χ0n) is 12.3. The third kappa shape index (κ3) is 2.93. The molecule has 0 aromatic carbocycles. The second kappa shape index (κ2) is 5.98. The predicted molar refractivity (Wildman–Crippen MR) is 82.0 cm³/mol. The molecule has 3 rings (SSSR count). The largest absolute Gasteiger partial charge is 0.352 e. The van der Waals surface area contributed by atoms with Gasteiger partial charge in [-0.2, -0.15) is 9.40 Å². The molecule has 8 heteroatoms. The van der Waals surface area contributed by atoms with Crippen LogP contribution in [0.1, 0.15) is 5.69 Å². The molecule has 22 heavy (non-hydrogen) atoms. The van der Waals surface area contributed by atoms with Crippen molar-refractivity contribution >= 4 is 15.8 Å². The standard InChI is InChI=1S/C14H17N5O2S/c1-12-4-5-14(17-16-12)18-7-9-19(10-8-18)22(20,21)13-3-2-6-15-11-13/h2-6,11H,7-10H2,1H3. The highest BCUT2D eigenvalue weighted by Crippen LogP contribution is 2.19. The van der Waals surface area contributed by atoms with E-state index in [4.69, 9.17) is 0 Å². The van der Waals surface area contributed by atoms with Crippen molar-refractivity contribution in [2.75, 3.05) is 31.1 Å². The van der Waals surface area contributed by atoms with Crippen LogP contribution in [0.15, 0.2) is 41.6 Å². The molecule has 7 nitrogen and oxygen atoms in total. The van der Waals surface area contributed by atoms with Crippen LogP contribution >= 0.6 is 0 Å². The summed E-state index contributed by atoms with van der Waals surface area (Å²) < 4.78 is 26.5. The summed E-state index contributed by atoms with van der Waals surface area (Å²) >= 11 is 0. The van der Waals surface area contributed by atoms with Gasteiger partial charge in [0.05, 0.1) is 5.69 Å². The molecule has 0 bridgehead atoms. The molecule has 3 heterocycles. The maximum Gasteiger partial charge on any atom is 0.244 e. The first-order valence-electron chi connectivity index (χ1n) is 7.03. The first-order chi connectivity index (χ1) is 10.6. The third-order valence-electron chi connectivity index (χ3n) is 3.62. The summed E-state index contributed by atoms with van der Waals surface area (Å²) in [5.74, 6) is 0.782. The Labute approximate surface area is 129 Å². The van der Waals surface area contributed by atoms with Gasteiger partial charge in [-0.1, -0.05) is 0 Å². The van der Waals surface area contributed by atoms with Crippen LogP contribution in [0.5, 0.6) is 0 Å². The number of aromatic nitrogens is 3. The molecule has 0 aliphatic carbocycles. The van der Waals surface area contributed by atoms with E-state index in [0.29, 0.717) is 26.2 Å². The molecule has 2 aromatic rings. The summed E-state index contributed by atoms with van der Waals surface area (Å²) in [7, 11) is -3.47. The van der Waals surface area contributed by atoms with Crippen molar-refractivity contribution in [3.05, 3.63) is 42.4 Å². The molecule has 0 saturated carbocycles. The van der Waals surface area contributed by atoms with Crippen LogP contribution in [0.3, 0.4) is 0 Å². The van der Waals surface area contributed by atoms with E-state index in [0.717, 1.165) is 11.5 Å². The lowest BCUT2D eigenvalue weighted by molar-refractivity contribution is 0.383. The van der Waals surface area contributed by atoms with Gasteiger partial charge in [0.1, 0.15) is 4.90 Å². The molecule has 0 amide bonds. The van der Waals surface area contributed by atoms with Gasteiger partial charge in [-0.15, -0.1) is 5.10 Å². The minimum Gasteiger partial charge on any atom is -0.352 e. The smallest absolute Gasteiger partial charge is 0.244 e. The number of anilines is 1. The van der Waals surface area contributed by atoms with E-state index in [1.807, 2.05) is 24.0 Å². The van der Waals surface area contributed by atoms with Crippen LogP contribution in [0.4, 0.5) is 5.82 Å². The number of hydrogen-bond acceptors (Lipinski definition) is 6. The average molecular weight is 319 g/mol. The molecule has 0 unspecified atom stereocenters. The average Bonchev–Trinajstić information content (AvgIpc) is 2.56. The third-order valence-corrected chi connectivity index (χ3v) is 5.50. The van der Waals surface area contributed by atoms with E-state index in [1.165, 1.54) is 10.5 Å². The molecular formula is C14H17N5O2S. The Hall–Kier alpha value is -2.06. The Morgan fingerprint density at radius 3 is 2.41 bits per heavy atom. The van der Waals surface area contributed by atoms with Crippen molar-refractivity contribution < 1.29 is 8.42 Å². The van der Waals surface area contributed by atoms with E-state index >= 15 is 0 Å². The number of aryl methyl sites for hydroxylation is 1. The van der Waals surface area contributed by atoms with Crippen molar-refractivity contribution in [2.24, 2.45) is 0 Å². The van der Waals surface area contributed by atoms with E-state index in [2.05, 4.69) is 15.2 Å². The molecule has 0 N–H and O–H groups in total. The van der Waals surface area contributed by atoms with Crippen molar-refractivity contribution in [1.29, 1.82) is 0 Å². The zero-order valence-corrected chi connectivity index (χ0v) is 13.1. The zero-order chi connectivity index (χ0) is 15.6. The summed E-state index contributed by atoms with van der Waals surface area (Å²) in [6.45, 7) is 3.92. The molecule has 1 fully saturated rings. The molecule has 116 valence electrons. The van der Waals surface area contributed by atoms with Gasteiger partial charge in [0.25, 0.3) is 0 Å². The Balaban J connectivity index is 1.70. The molecule has 0 atom stereocenters. The van der Waals surface area contributed by atoms with Gasteiger partial charge in [0.2, 0.25) is 10.0 Å². The minimum absolute atomic E-state index is 0.235. The first-order valence-corrected chi connectivity index (χ1v) is 8.47. The molecule has 2 aromatic heterocycles. The highest BCUT2D eigenvalue weighted by molar-refractivity contribution is 7.89. The highest BCUT2D eigenvalue weighted by Gasteiger charge is 2.29. The number of nitrogens with zero attached hydrogens (tertiary/aromatic N) is 5. The van der Waals surface area contributed by atoms with E-state index in [-0.39, 0.29) is 4.90 Å². The number of rotatable bonds is 3. The lowest BCUT2D eigenvalue weighted by atomic mass is 10.3. The van der Waals surface area contributed by atoms with Gasteiger partial charge in [-0.25, -0.2) is 8.42 Å². The molecule has 1 aliphatic heterocycles. The number of sulfonamides is 1. The monoisotopic (exact) mass is 319 g/mol. The fraction of sp³-hybridized carbons (Fsp3) is 0.357. The minimum atomic E-state index is -3.47. The second-order valence-corrected chi connectivity index (χ2v) is 7.05. The van der Waals surface area contributed by atoms with E-state index < -0.39 is 10.0 Å². The summed E-state index contributed by atoms with van der Waals surface area (Å²) in [6.07, 6.45) is 2.94. The Morgan fingerprint density at radius 1 is 1.05 bits per heavy atom. The van der Waals surface area contributed by atoms with Gasteiger partial charge >= 0.3 is 0 Å². The van der Waals surface area contributed by atoms with Gasteiger partial charge < -0.3 is 4.90 Å². The first kappa shape index (κ1) is 14.9. The SMILES string of the molecule is Cc1ccc(N2CCN(S(=O)(=O)c3cccnc3)CC2)nn1. The predicted octanol–water partition coefficient (Wildman–Crippen LogP) is 0.691. The molecule has 1 saturated heterocycles. The fourth-order valence-corrected chi connectivity index (χ4v) is 3.75. The Morgan fingerprint density at radius 2 is 1.82 bits per heavy atom. The summed E-state index contributed by atoms with van der Waals surface area (Å²) in [4.78, 5) is 6.16. The van der Waals surface area contributed by atoms with E-state index in [1.54, 1.807) is 18.3 Å². The van der Waals surface area contributed by atoms with Crippen LogP contribution in [-0.4, -0.2) is 54.1 Å². The summed E-state index contributed by atoms with van der Waals surface area (Å²) in [5, 5.41) is 8.18. The van der Waals surface area contributed by atoms with Gasteiger partial charge in [0, 0.05) is 38.6 Å². The maximum atomic E-state index is 12.5. The lowest BCUT2D eigenvalue weighted by Crippen LogP contribution is -2.49. The quantitative estimate of drug-likeness (QED) is 0.828. The van der Waals surface area contributed by atoms with Crippen LogP contribution in [-0.2, 0) is 10.0 Å². The van der Waals surface area contributed by atoms with Crippen LogP contribution in [0.2, 0.25) is 0 Å². The van der Waals surface area contributed by atoms with Crippen molar-refractivity contribution in [1.82, 2.24) is 19.5 Å². The van der Waals surface area contributed by atoms with Crippen molar-refractivity contribution in [3.63, 3.8) is 0 Å². The Bertz CT molecular complexity index is 726. The summed E-state index contributed by atoms with van der Waals surface area (Å²) in [5.41, 5.74) is 0.863. The molecule has 1 aliphatic rings. The molecule has 0 radical (unpaired) electrons. The lowest BCUT2D eigenvalue weighted by Gasteiger charge is -2.34. The normalized spacial score (nSPS) is 16.7. The van der Waals surface area contributed by atoms with Gasteiger partial charge in [-0.05, 0) is 31.2 Å². The van der Waals surface area contributed by atoms with Gasteiger partial charge in [0.15, 0.2) is 5.82 Å². The van der Waals surface area contributed by atoms with Crippen LogP contribution < -0.4 is 4.90 Å². The molecule has 0 spiro atoms. The number of pyridine rings is 1. The fourth-order valence-electron chi connectivity index (χ4n) is 2.37. The van der Waals surface area contributed by atoms with Crippen LogP contribution in [0, 0.1) is 6.92 Å². The van der Waals surface area contributed by atoms with E-state index in [9.17, 15) is 8.42 Å². The van der Waals surface area contributed by atoms with Crippen molar-refractivity contribution in [2.45, 2.75) is 11.8 Å². The van der Waals surface area contributed by atoms with Crippen molar-refractivity contribution in [3.8, 4) is 0 Å². The number of hydrogen-bond donors (Lipinski definition) is 0. The Kier molecular flexibility index (Phi) is 4.04. The topological polar surface area (TPSA) is 79.3 Å². The van der Waals surface area contributed by atoms with Gasteiger partial charge in [-0.3, -0.25) is 4.98 Å². The molecular weight excluding hydrogens is 302 g/mol. The maximum absolute atomic E-state index is 12.5. The second-order valence-electron chi connectivity index (χ2n) is 5.11. The number of piperazine rings is 1. The van der Waals surface area contributed by atoms with Crippen LogP contribution in [0.25, 0.3) is 0 Å². The highest BCUT2D eigenvalue weighted by atomic mass is 32.2.